The van der Waals surface area contributed by atoms with E-state index in [9.17, 15) is 14.4 Å². The van der Waals surface area contributed by atoms with E-state index in [4.69, 9.17) is 0 Å². The predicted molar refractivity (Wildman–Crippen MR) is 68.4 cm³/mol. The maximum atomic E-state index is 11.6. The standard InChI is InChI=1S/C12H22N2O5/c1-8(2)7-9(11(16)18-3)14-10(15)5-6-13-12(17)19-4/h8-9H,5-7H2,1-4H3,(H,13,17)(H,14,15)/t9-/m0/s1. The van der Waals surface area contributed by atoms with Crippen molar-refractivity contribution in [3.05, 3.63) is 0 Å². The molecule has 0 unspecified atom stereocenters. The first-order chi connectivity index (χ1) is 8.90. The summed E-state index contributed by atoms with van der Waals surface area (Å²) in [6.45, 7) is 4.04. The van der Waals surface area contributed by atoms with Gasteiger partial charge >= 0.3 is 12.1 Å². The average molecular weight is 274 g/mol. The molecule has 0 saturated carbocycles. The Labute approximate surface area is 113 Å². The highest BCUT2D eigenvalue weighted by Crippen LogP contribution is 2.06. The van der Waals surface area contributed by atoms with Crippen LogP contribution in [0.4, 0.5) is 4.79 Å². The van der Waals surface area contributed by atoms with Gasteiger partial charge in [0.05, 0.1) is 14.2 Å². The number of hydrogen-bond donors (Lipinski definition) is 2. The highest BCUT2D eigenvalue weighted by atomic mass is 16.5. The second-order valence-corrected chi connectivity index (χ2v) is 4.44. The second kappa shape index (κ2) is 9.18. The first-order valence-electron chi connectivity index (χ1n) is 6.09. The molecule has 0 bridgehead atoms. The third kappa shape index (κ3) is 8.01. The molecule has 0 fully saturated rings. The van der Waals surface area contributed by atoms with Crippen LogP contribution in [0, 0.1) is 5.92 Å². The van der Waals surface area contributed by atoms with Crippen LogP contribution in [0.5, 0.6) is 0 Å². The highest BCUT2D eigenvalue weighted by Gasteiger charge is 2.22. The fourth-order valence-corrected chi connectivity index (χ4v) is 1.44. The van der Waals surface area contributed by atoms with Gasteiger partial charge in [-0.3, -0.25) is 4.79 Å². The lowest BCUT2D eigenvalue weighted by Gasteiger charge is -2.18. The Hall–Kier alpha value is -1.79. The molecule has 0 rings (SSSR count). The maximum Gasteiger partial charge on any atom is 0.406 e. The van der Waals surface area contributed by atoms with Crippen LogP contribution in [0.25, 0.3) is 0 Å². The number of carbonyl (C=O) groups excluding carboxylic acids is 3. The van der Waals surface area contributed by atoms with E-state index in [1.165, 1.54) is 14.2 Å². The summed E-state index contributed by atoms with van der Waals surface area (Å²) in [6, 6.07) is -0.657. The summed E-state index contributed by atoms with van der Waals surface area (Å²) in [5.74, 6) is -0.548. The summed E-state index contributed by atoms with van der Waals surface area (Å²) >= 11 is 0. The van der Waals surface area contributed by atoms with Crippen molar-refractivity contribution in [1.29, 1.82) is 0 Å². The third-order valence-corrected chi connectivity index (χ3v) is 2.33. The average Bonchev–Trinajstić information content (AvgIpc) is 2.36. The largest absolute Gasteiger partial charge is 0.467 e. The molecule has 1 atom stereocenters. The van der Waals surface area contributed by atoms with Gasteiger partial charge in [0.1, 0.15) is 6.04 Å². The molecular formula is C12H22N2O5. The van der Waals surface area contributed by atoms with Gasteiger partial charge in [0.25, 0.3) is 0 Å². The number of amides is 2. The lowest BCUT2D eigenvalue weighted by atomic mass is 10.0. The molecule has 0 aliphatic rings. The van der Waals surface area contributed by atoms with Crippen molar-refractivity contribution in [2.75, 3.05) is 20.8 Å². The fraction of sp³-hybridized carbons (Fsp3) is 0.750. The van der Waals surface area contributed by atoms with Crippen LogP contribution in [-0.4, -0.2) is 44.8 Å². The number of carbonyl (C=O) groups is 3. The molecule has 0 radical (unpaired) electrons. The smallest absolute Gasteiger partial charge is 0.406 e. The quantitative estimate of drug-likeness (QED) is 0.657. The molecule has 0 aromatic heterocycles. The number of methoxy groups -OCH3 is 2. The van der Waals surface area contributed by atoms with Crippen molar-refractivity contribution in [2.45, 2.75) is 32.7 Å². The molecule has 7 heteroatoms. The number of rotatable bonds is 7. The molecule has 0 aromatic carbocycles. The SMILES string of the molecule is COC(=O)NCCC(=O)N[C@@H](CC(C)C)C(=O)OC. The summed E-state index contributed by atoms with van der Waals surface area (Å²) in [5.41, 5.74) is 0. The van der Waals surface area contributed by atoms with Gasteiger partial charge in [0.15, 0.2) is 0 Å². The van der Waals surface area contributed by atoms with E-state index in [2.05, 4.69) is 20.1 Å². The van der Waals surface area contributed by atoms with Gasteiger partial charge in [-0.1, -0.05) is 13.8 Å². The van der Waals surface area contributed by atoms with Gasteiger partial charge in [-0.15, -0.1) is 0 Å². The van der Waals surface area contributed by atoms with E-state index in [-0.39, 0.29) is 24.8 Å². The Morgan fingerprint density at radius 2 is 1.74 bits per heavy atom. The predicted octanol–water partition coefficient (Wildman–Crippen LogP) is 0.436. The molecule has 0 heterocycles. The van der Waals surface area contributed by atoms with Crippen LogP contribution in [0.3, 0.4) is 0 Å². The number of ether oxygens (including phenoxy) is 2. The molecule has 0 aromatic rings. The number of esters is 1. The number of hydrogen-bond acceptors (Lipinski definition) is 5. The number of nitrogens with one attached hydrogen (secondary N) is 2. The van der Waals surface area contributed by atoms with E-state index < -0.39 is 18.1 Å². The van der Waals surface area contributed by atoms with E-state index in [1.54, 1.807) is 0 Å². The van der Waals surface area contributed by atoms with Crippen LogP contribution in [0.1, 0.15) is 26.7 Å². The third-order valence-electron chi connectivity index (χ3n) is 2.33. The highest BCUT2D eigenvalue weighted by molar-refractivity contribution is 5.84. The molecular weight excluding hydrogens is 252 g/mol. The minimum atomic E-state index is -0.657. The van der Waals surface area contributed by atoms with Crippen molar-refractivity contribution in [3.8, 4) is 0 Å². The molecule has 110 valence electrons. The Morgan fingerprint density at radius 3 is 2.21 bits per heavy atom. The molecule has 7 nitrogen and oxygen atoms in total. The molecule has 0 aliphatic heterocycles. The van der Waals surface area contributed by atoms with Crippen molar-refractivity contribution >= 4 is 18.0 Å². The monoisotopic (exact) mass is 274 g/mol. The topological polar surface area (TPSA) is 93.7 Å². The van der Waals surface area contributed by atoms with E-state index in [0.717, 1.165) is 0 Å². The van der Waals surface area contributed by atoms with Crippen molar-refractivity contribution in [2.24, 2.45) is 5.92 Å². The number of alkyl carbamates (subject to hydrolysis) is 1. The Bertz CT molecular complexity index is 317. The van der Waals surface area contributed by atoms with Gasteiger partial charge in [-0.25, -0.2) is 9.59 Å². The zero-order valence-corrected chi connectivity index (χ0v) is 11.8. The fourth-order valence-electron chi connectivity index (χ4n) is 1.44. The van der Waals surface area contributed by atoms with Gasteiger partial charge in [-0.2, -0.15) is 0 Å². The van der Waals surface area contributed by atoms with Crippen molar-refractivity contribution < 1.29 is 23.9 Å². The van der Waals surface area contributed by atoms with E-state index in [1.807, 2.05) is 13.8 Å². The minimum absolute atomic E-state index is 0.0701. The Balaban J connectivity index is 4.16. The van der Waals surface area contributed by atoms with Crippen LogP contribution in [-0.2, 0) is 19.1 Å². The lowest BCUT2D eigenvalue weighted by molar-refractivity contribution is -0.145. The van der Waals surface area contributed by atoms with E-state index in [0.29, 0.717) is 6.42 Å². The Morgan fingerprint density at radius 1 is 1.11 bits per heavy atom. The molecule has 0 saturated heterocycles. The van der Waals surface area contributed by atoms with Gasteiger partial charge in [-0.05, 0) is 12.3 Å². The molecule has 0 aliphatic carbocycles. The molecule has 2 amide bonds. The summed E-state index contributed by atoms with van der Waals surface area (Å²) in [4.78, 5) is 33.9. The zero-order chi connectivity index (χ0) is 14.8. The normalized spacial score (nSPS) is 11.6. The maximum absolute atomic E-state index is 11.6. The van der Waals surface area contributed by atoms with Crippen LogP contribution in [0.2, 0.25) is 0 Å². The molecule has 19 heavy (non-hydrogen) atoms. The second-order valence-electron chi connectivity index (χ2n) is 4.44. The van der Waals surface area contributed by atoms with Crippen LogP contribution in [0.15, 0.2) is 0 Å². The van der Waals surface area contributed by atoms with Crippen LogP contribution < -0.4 is 10.6 Å². The summed E-state index contributed by atoms with van der Waals surface area (Å²) in [7, 11) is 2.52. The van der Waals surface area contributed by atoms with Gasteiger partial charge in [0, 0.05) is 13.0 Å². The van der Waals surface area contributed by atoms with Crippen LogP contribution >= 0.6 is 0 Å². The Kier molecular flexibility index (Phi) is 8.32. The van der Waals surface area contributed by atoms with Gasteiger partial charge < -0.3 is 20.1 Å². The van der Waals surface area contributed by atoms with Gasteiger partial charge in [0.2, 0.25) is 5.91 Å². The van der Waals surface area contributed by atoms with Crippen molar-refractivity contribution in [1.82, 2.24) is 10.6 Å². The molecule has 2 N–H and O–H groups in total. The zero-order valence-electron chi connectivity index (χ0n) is 11.8. The lowest BCUT2D eigenvalue weighted by Crippen LogP contribution is -2.43. The first-order valence-corrected chi connectivity index (χ1v) is 6.09. The molecule has 0 spiro atoms. The van der Waals surface area contributed by atoms with Crippen molar-refractivity contribution in [3.63, 3.8) is 0 Å². The summed E-state index contributed by atoms with van der Waals surface area (Å²) in [5, 5.41) is 4.97. The first kappa shape index (κ1) is 17.2. The summed E-state index contributed by atoms with van der Waals surface area (Å²) in [6.07, 6.45) is -0.0247. The summed E-state index contributed by atoms with van der Waals surface area (Å²) < 4.78 is 9.00. The van der Waals surface area contributed by atoms with E-state index >= 15 is 0 Å². The minimum Gasteiger partial charge on any atom is -0.467 e.